The van der Waals surface area contributed by atoms with Gasteiger partial charge in [0.15, 0.2) is 0 Å². The Hall–Kier alpha value is -0.795. The summed E-state index contributed by atoms with van der Waals surface area (Å²) in [6.07, 6.45) is 5.50. The molecule has 112 valence electrons. The molecule has 2 nitrogen and oxygen atoms in total. The van der Waals surface area contributed by atoms with Gasteiger partial charge in [0.1, 0.15) is 0 Å². The van der Waals surface area contributed by atoms with Crippen LogP contribution in [0.4, 0.5) is 0 Å². The molecular weight excluding hydrogens is 259 g/mol. The van der Waals surface area contributed by atoms with Gasteiger partial charge in [-0.1, -0.05) is 18.2 Å². The van der Waals surface area contributed by atoms with Gasteiger partial charge in [-0.05, 0) is 81.8 Å². The molecule has 3 aliphatic carbocycles. The molecule has 1 aromatic rings. The van der Waals surface area contributed by atoms with Crippen molar-refractivity contribution in [3.8, 4) is 0 Å². The Morgan fingerprint density at radius 1 is 0.857 bits per heavy atom. The molecule has 5 rings (SSSR count). The van der Waals surface area contributed by atoms with Gasteiger partial charge in [-0.3, -0.25) is 0 Å². The lowest BCUT2D eigenvalue weighted by molar-refractivity contribution is 0.00578. The van der Waals surface area contributed by atoms with E-state index in [0.29, 0.717) is 0 Å². The zero-order valence-electron chi connectivity index (χ0n) is 13.6. The maximum absolute atomic E-state index is 6.20. The molecule has 0 unspecified atom stereocenters. The molecule has 0 radical (unpaired) electrons. The summed E-state index contributed by atoms with van der Waals surface area (Å²) >= 11 is 0. The van der Waals surface area contributed by atoms with Gasteiger partial charge in [-0.25, -0.2) is 0 Å². The summed E-state index contributed by atoms with van der Waals surface area (Å²) in [5.41, 5.74) is 3.85. The molecule has 0 atom stereocenters. The van der Waals surface area contributed by atoms with E-state index < -0.39 is 0 Å². The Morgan fingerprint density at radius 2 is 1.38 bits per heavy atom. The molecule has 0 amide bonds. The van der Waals surface area contributed by atoms with Gasteiger partial charge in [0.2, 0.25) is 0 Å². The van der Waals surface area contributed by atoms with Crippen LogP contribution in [0, 0.1) is 0 Å². The van der Waals surface area contributed by atoms with E-state index in [1.54, 1.807) is 11.1 Å². The van der Waals surface area contributed by atoms with E-state index in [1.165, 1.54) is 31.1 Å². The highest BCUT2D eigenvalue weighted by Crippen LogP contribution is 2.49. The molecule has 1 aliphatic heterocycles. The van der Waals surface area contributed by atoms with E-state index in [2.05, 4.69) is 45.9 Å². The first kappa shape index (κ1) is 13.8. The molecule has 1 saturated carbocycles. The number of benzene rings is 1. The van der Waals surface area contributed by atoms with Gasteiger partial charge in [0.05, 0.1) is 11.2 Å². The highest BCUT2D eigenvalue weighted by atomic mass is 16.7. The molecule has 0 aromatic heterocycles. The minimum absolute atomic E-state index is 0.222. The fourth-order valence-electron chi connectivity index (χ4n) is 4.16. The standard InChI is InChI=1S/C18H25BO2/c1-17(2)18(3,4)21-19(20-17)14-9-10-15-12-5-7-13(8-6-12)16(15)11-14/h9-13H,5-8H2,1-4H3. The smallest absolute Gasteiger partial charge is 0.399 e. The Labute approximate surface area is 128 Å². The summed E-state index contributed by atoms with van der Waals surface area (Å²) in [7, 11) is -0.222. The Bertz CT molecular complexity index is 555. The Kier molecular flexibility index (Phi) is 2.87. The first-order valence-electron chi connectivity index (χ1n) is 8.37. The molecule has 0 spiro atoms. The molecule has 1 saturated heterocycles. The van der Waals surface area contributed by atoms with Crippen LogP contribution in [0.3, 0.4) is 0 Å². The van der Waals surface area contributed by atoms with Crippen LogP contribution in [0.25, 0.3) is 0 Å². The molecule has 2 bridgehead atoms. The third kappa shape index (κ3) is 2.01. The fourth-order valence-corrected chi connectivity index (χ4v) is 4.16. The lowest BCUT2D eigenvalue weighted by Gasteiger charge is -2.38. The van der Waals surface area contributed by atoms with Crippen LogP contribution in [-0.2, 0) is 9.31 Å². The fraction of sp³-hybridized carbons (Fsp3) is 0.667. The number of hydrogen-bond donors (Lipinski definition) is 0. The van der Waals surface area contributed by atoms with Crippen molar-refractivity contribution in [2.45, 2.75) is 76.4 Å². The Balaban J connectivity index is 1.68. The second-order valence-electron chi connectivity index (χ2n) is 8.03. The average molecular weight is 284 g/mol. The minimum atomic E-state index is -0.257. The predicted molar refractivity (Wildman–Crippen MR) is 86.1 cm³/mol. The lowest BCUT2D eigenvalue weighted by Crippen LogP contribution is -2.41. The number of hydrogen-bond acceptors (Lipinski definition) is 2. The molecule has 0 N–H and O–H groups in total. The molecule has 4 aliphatic rings. The van der Waals surface area contributed by atoms with Crippen LogP contribution in [0.2, 0.25) is 0 Å². The van der Waals surface area contributed by atoms with Crippen LogP contribution in [0.15, 0.2) is 18.2 Å². The molecule has 3 heteroatoms. The quantitative estimate of drug-likeness (QED) is 0.731. The summed E-state index contributed by atoms with van der Waals surface area (Å²) < 4.78 is 12.4. The first-order valence-corrected chi connectivity index (χ1v) is 8.37. The molecule has 1 aromatic carbocycles. The van der Waals surface area contributed by atoms with Crippen molar-refractivity contribution in [2.75, 3.05) is 0 Å². The van der Waals surface area contributed by atoms with E-state index in [9.17, 15) is 0 Å². The van der Waals surface area contributed by atoms with Crippen molar-refractivity contribution < 1.29 is 9.31 Å². The highest BCUT2D eigenvalue weighted by Gasteiger charge is 2.52. The van der Waals surface area contributed by atoms with Crippen LogP contribution >= 0.6 is 0 Å². The van der Waals surface area contributed by atoms with Gasteiger partial charge in [0.25, 0.3) is 0 Å². The van der Waals surface area contributed by atoms with Crippen molar-refractivity contribution in [3.05, 3.63) is 29.3 Å². The Morgan fingerprint density at radius 3 is 1.95 bits per heavy atom. The number of fused-ring (bicyclic) bond motifs is 2. The second-order valence-corrected chi connectivity index (χ2v) is 8.03. The van der Waals surface area contributed by atoms with Gasteiger partial charge in [-0.15, -0.1) is 0 Å². The maximum Gasteiger partial charge on any atom is 0.494 e. The van der Waals surface area contributed by atoms with Gasteiger partial charge >= 0.3 is 7.12 Å². The highest BCUT2D eigenvalue weighted by molar-refractivity contribution is 6.62. The third-order valence-electron chi connectivity index (χ3n) is 6.24. The normalized spacial score (nSPS) is 32.3. The van der Waals surface area contributed by atoms with Gasteiger partial charge in [0, 0.05) is 0 Å². The van der Waals surface area contributed by atoms with Gasteiger partial charge < -0.3 is 9.31 Å². The van der Waals surface area contributed by atoms with E-state index >= 15 is 0 Å². The maximum atomic E-state index is 6.20. The van der Waals surface area contributed by atoms with E-state index in [1.807, 2.05) is 0 Å². The summed E-state index contributed by atoms with van der Waals surface area (Å²) in [6.45, 7) is 8.47. The van der Waals surface area contributed by atoms with Gasteiger partial charge in [-0.2, -0.15) is 0 Å². The van der Waals surface area contributed by atoms with Crippen LogP contribution in [-0.4, -0.2) is 18.3 Å². The van der Waals surface area contributed by atoms with E-state index in [0.717, 1.165) is 11.8 Å². The SMILES string of the molecule is CC1(C)OB(c2ccc3c(c2)C2CCC3CC2)OC1(C)C. The van der Waals surface area contributed by atoms with Crippen LogP contribution in [0.1, 0.15) is 76.3 Å². The van der Waals surface area contributed by atoms with Crippen molar-refractivity contribution in [1.29, 1.82) is 0 Å². The molecule has 1 heterocycles. The van der Waals surface area contributed by atoms with Crippen molar-refractivity contribution in [3.63, 3.8) is 0 Å². The zero-order valence-corrected chi connectivity index (χ0v) is 13.6. The molecule has 21 heavy (non-hydrogen) atoms. The van der Waals surface area contributed by atoms with E-state index in [4.69, 9.17) is 9.31 Å². The van der Waals surface area contributed by atoms with Crippen molar-refractivity contribution >= 4 is 12.6 Å². The molecule has 2 fully saturated rings. The van der Waals surface area contributed by atoms with Crippen LogP contribution < -0.4 is 5.46 Å². The second kappa shape index (κ2) is 4.36. The van der Waals surface area contributed by atoms with Crippen molar-refractivity contribution in [2.24, 2.45) is 0 Å². The van der Waals surface area contributed by atoms with E-state index in [-0.39, 0.29) is 18.3 Å². The van der Waals surface area contributed by atoms with Crippen molar-refractivity contribution in [1.82, 2.24) is 0 Å². The van der Waals surface area contributed by atoms with Crippen LogP contribution in [0.5, 0.6) is 0 Å². The average Bonchev–Trinajstić information content (AvgIpc) is 2.68. The summed E-state index contributed by atoms with van der Waals surface area (Å²) in [5.74, 6) is 1.57. The molecular formula is C18H25BO2. The predicted octanol–water partition coefficient (Wildman–Crippen LogP) is 3.74. The topological polar surface area (TPSA) is 18.5 Å². The third-order valence-corrected chi connectivity index (χ3v) is 6.24. The minimum Gasteiger partial charge on any atom is -0.399 e. The summed E-state index contributed by atoms with van der Waals surface area (Å²) in [4.78, 5) is 0. The monoisotopic (exact) mass is 284 g/mol. The first-order chi connectivity index (χ1) is 9.87. The lowest BCUT2D eigenvalue weighted by atomic mass is 9.65. The zero-order chi connectivity index (χ0) is 14.8. The summed E-state index contributed by atoms with van der Waals surface area (Å²) in [5, 5.41) is 0. The number of rotatable bonds is 1. The summed E-state index contributed by atoms with van der Waals surface area (Å²) in [6, 6.07) is 6.93. The largest absolute Gasteiger partial charge is 0.494 e.